The number of aryl methyl sites for hydroxylation is 1. The van der Waals surface area contributed by atoms with Gasteiger partial charge < -0.3 is 5.73 Å². The second-order valence-corrected chi connectivity index (χ2v) is 2.61. The molecule has 0 spiro atoms. The molecular formula is C9H14N2. The van der Waals surface area contributed by atoms with Gasteiger partial charge >= 0.3 is 0 Å². The molecule has 0 saturated heterocycles. The van der Waals surface area contributed by atoms with Crippen LogP contribution in [0.25, 0.3) is 0 Å². The number of hydrogen-bond acceptors (Lipinski definition) is 2. The average molecular weight is 150 g/mol. The van der Waals surface area contributed by atoms with Crippen LogP contribution in [0.4, 0.5) is 0 Å². The Morgan fingerprint density at radius 3 is 2.73 bits per heavy atom. The molecular weight excluding hydrogens is 136 g/mol. The second-order valence-electron chi connectivity index (χ2n) is 2.61. The van der Waals surface area contributed by atoms with E-state index in [-0.39, 0.29) is 0 Å². The molecule has 1 aromatic rings. The Hall–Kier alpha value is -0.890. The molecule has 2 heteroatoms. The summed E-state index contributed by atoms with van der Waals surface area (Å²) < 4.78 is 0. The molecule has 1 heterocycles. The molecule has 0 aliphatic heterocycles. The van der Waals surface area contributed by atoms with Gasteiger partial charge in [-0.1, -0.05) is 19.4 Å². The van der Waals surface area contributed by atoms with Gasteiger partial charge in [-0.15, -0.1) is 0 Å². The molecule has 0 atom stereocenters. The van der Waals surface area contributed by atoms with E-state index in [2.05, 4.69) is 11.9 Å². The van der Waals surface area contributed by atoms with Crippen LogP contribution in [0.2, 0.25) is 0 Å². The number of pyridine rings is 1. The Morgan fingerprint density at radius 2 is 2.27 bits per heavy atom. The van der Waals surface area contributed by atoms with Gasteiger partial charge in [-0.2, -0.15) is 0 Å². The third-order valence-electron chi connectivity index (χ3n) is 1.63. The molecule has 0 unspecified atom stereocenters. The summed E-state index contributed by atoms with van der Waals surface area (Å²) in [5.41, 5.74) is 7.69. The molecule has 1 aromatic heterocycles. The van der Waals surface area contributed by atoms with Gasteiger partial charge in [0.25, 0.3) is 0 Å². The lowest BCUT2D eigenvalue weighted by Gasteiger charge is -1.98. The lowest BCUT2D eigenvalue weighted by molar-refractivity contribution is 0.876. The van der Waals surface area contributed by atoms with Gasteiger partial charge in [-0.3, -0.25) is 4.98 Å². The largest absolute Gasteiger partial charge is 0.326 e. The lowest BCUT2D eigenvalue weighted by atomic mass is 10.2. The first-order valence-corrected chi connectivity index (χ1v) is 4.00. The fourth-order valence-corrected chi connectivity index (χ4v) is 0.980. The van der Waals surface area contributed by atoms with E-state index in [1.807, 2.05) is 18.3 Å². The van der Waals surface area contributed by atoms with E-state index < -0.39 is 0 Å². The van der Waals surface area contributed by atoms with E-state index in [0.717, 1.165) is 24.1 Å². The van der Waals surface area contributed by atoms with E-state index >= 15 is 0 Å². The summed E-state index contributed by atoms with van der Waals surface area (Å²) in [5.74, 6) is 0. The Kier molecular flexibility index (Phi) is 3.05. The quantitative estimate of drug-likeness (QED) is 0.709. The maximum absolute atomic E-state index is 5.43. The standard InChI is InChI=1S/C9H14N2/c1-2-3-9-5-4-8(6-10)7-11-9/h4-5,7H,2-3,6,10H2,1H3. The molecule has 0 saturated carbocycles. The number of aromatic nitrogens is 1. The molecule has 60 valence electrons. The zero-order valence-electron chi connectivity index (χ0n) is 6.88. The number of rotatable bonds is 3. The van der Waals surface area contributed by atoms with Crippen LogP contribution in [0.3, 0.4) is 0 Å². The predicted octanol–water partition coefficient (Wildman–Crippen LogP) is 1.49. The van der Waals surface area contributed by atoms with Crippen LogP contribution in [0.15, 0.2) is 18.3 Å². The van der Waals surface area contributed by atoms with Crippen molar-refractivity contribution in [2.75, 3.05) is 0 Å². The number of hydrogen-bond donors (Lipinski definition) is 1. The van der Waals surface area contributed by atoms with Crippen molar-refractivity contribution in [3.05, 3.63) is 29.6 Å². The van der Waals surface area contributed by atoms with Gasteiger partial charge in [-0.25, -0.2) is 0 Å². The van der Waals surface area contributed by atoms with E-state index in [1.165, 1.54) is 0 Å². The lowest BCUT2D eigenvalue weighted by Crippen LogP contribution is -1.97. The number of nitrogens with two attached hydrogens (primary N) is 1. The summed E-state index contributed by atoms with van der Waals surface area (Å²) in [5, 5.41) is 0. The minimum Gasteiger partial charge on any atom is -0.326 e. The summed E-state index contributed by atoms with van der Waals surface area (Å²) in [4.78, 5) is 4.26. The molecule has 0 radical (unpaired) electrons. The highest BCUT2D eigenvalue weighted by Crippen LogP contribution is 2.01. The Labute approximate surface area is 67.5 Å². The SMILES string of the molecule is CCCc1ccc(CN)cn1. The molecule has 11 heavy (non-hydrogen) atoms. The fourth-order valence-electron chi connectivity index (χ4n) is 0.980. The third kappa shape index (κ3) is 2.31. The average Bonchev–Trinajstić information content (AvgIpc) is 2.07. The van der Waals surface area contributed by atoms with Gasteiger partial charge in [-0.05, 0) is 18.1 Å². The van der Waals surface area contributed by atoms with Gasteiger partial charge in [0.2, 0.25) is 0 Å². The van der Waals surface area contributed by atoms with E-state index in [0.29, 0.717) is 6.54 Å². The topological polar surface area (TPSA) is 38.9 Å². The van der Waals surface area contributed by atoms with Crippen molar-refractivity contribution in [2.24, 2.45) is 5.73 Å². The fraction of sp³-hybridized carbons (Fsp3) is 0.444. The summed E-state index contributed by atoms with van der Waals surface area (Å²) in [6.45, 7) is 2.73. The number of nitrogens with zero attached hydrogens (tertiary/aromatic N) is 1. The summed E-state index contributed by atoms with van der Waals surface area (Å²) in [6.07, 6.45) is 4.06. The highest BCUT2D eigenvalue weighted by Gasteiger charge is 1.92. The first-order valence-electron chi connectivity index (χ1n) is 4.00. The molecule has 0 amide bonds. The van der Waals surface area contributed by atoms with Crippen molar-refractivity contribution < 1.29 is 0 Å². The maximum atomic E-state index is 5.43. The second kappa shape index (κ2) is 4.09. The highest BCUT2D eigenvalue weighted by atomic mass is 14.7. The van der Waals surface area contributed by atoms with Crippen molar-refractivity contribution in [3.63, 3.8) is 0 Å². The van der Waals surface area contributed by atoms with Crippen LogP contribution in [-0.2, 0) is 13.0 Å². The van der Waals surface area contributed by atoms with Crippen molar-refractivity contribution >= 4 is 0 Å². The van der Waals surface area contributed by atoms with Gasteiger partial charge in [0.05, 0.1) is 0 Å². The van der Waals surface area contributed by atoms with Gasteiger partial charge in [0, 0.05) is 18.4 Å². The monoisotopic (exact) mass is 150 g/mol. The van der Waals surface area contributed by atoms with Crippen molar-refractivity contribution in [1.82, 2.24) is 4.98 Å². The first kappa shape index (κ1) is 8.21. The molecule has 0 fully saturated rings. The molecule has 0 aromatic carbocycles. The molecule has 0 aliphatic rings. The minimum atomic E-state index is 0.583. The zero-order valence-corrected chi connectivity index (χ0v) is 6.88. The van der Waals surface area contributed by atoms with Crippen molar-refractivity contribution in [1.29, 1.82) is 0 Å². The van der Waals surface area contributed by atoms with Gasteiger partial charge in [0.1, 0.15) is 0 Å². The zero-order chi connectivity index (χ0) is 8.10. The Morgan fingerprint density at radius 1 is 1.45 bits per heavy atom. The molecule has 0 aliphatic carbocycles. The van der Waals surface area contributed by atoms with Crippen LogP contribution in [0, 0.1) is 0 Å². The molecule has 2 nitrogen and oxygen atoms in total. The molecule has 2 N–H and O–H groups in total. The maximum Gasteiger partial charge on any atom is 0.0403 e. The van der Waals surface area contributed by atoms with Crippen molar-refractivity contribution in [2.45, 2.75) is 26.3 Å². The predicted molar refractivity (Wildman–Crippen MR) is 46.1 cm³/mol. The summed E-state index contributed by atoms with van der Waals surface area (Å²) >= 11 is 0. The smallest absolute Gasteiger partial charge is 0.0403 e. The van der Waals surface area contributed by atoms with Crippen LogP contribution in [0.5, 0.6) is 0 Å². The van der Waals surface area contributed by atoms with E-state index in [1.54, 1.807) is 0 Å². The van der Waals surface area contributed by atoms with E-state index in [9.17, 15) is 0 Å². The summed E-state index contributed by atoms with van der Waals surface area (Å²) in [6, 6.07) is 4.09. The summed E-state index contributed by atoms with van der Waals surface area (Å²) in [7, 11) is 0. The van der Waals surface area contributed by atoms with Crippen LogP contribution >= 0.6 is 0 Å². The molecule has 0 bridgehead atoms. The third-order valence-corrected chi connectivity index (χ3v) is 1.63. The normalized spacial score (nSPS) is 10.0. The first-order chi connectivity index (χ1) is 5.36. The van der Waals surface area contributed by atoms with Gasteiger partial charge in [0.15, 0.2) is 0 Å². The van der Waals surface area contributed by atoms with E-state index in [4.69, 9.17) is 5.73 Å². The highest BCUT2D eigenvalue weighted by molar-refractivity contribution is 5.13. The van der Waals surface area contributed by atoms with Crippen molar-refractivity contribution in [3.8, 4) is 0 Å². The van der Waals surface area contributed by atoms with Crippen LogP contribution < -0.4 is 5.73 Å². The molecule has 1 rings (SSSR count). The van der Waals surface area contributed by atoms with Crippen LogP contribution in [0.1, 0.15) is 24.6 Å². The Bertz CT molecular complexity index is 203. The Balaban J connectivity index is 2.66. The van der Waals surface area contributed by atoms with Crippen LogP contribution in [-0.4, -0.2) is 4.98 Å². The minimum absolute atomic E-state index is 0.583.